The lowest BCUT2D eigenvalue weighted by Crippen LogP contribution is -2.50. The van der Waals surface area contributed by atoms with Crippen LogP contribution in [0.5, 0.6) is 0 Å². The summed E-state index contributed by atoms with van der Waals surface area (Å²) in [5, 5.41) is 0. The topological polar surface area (TPSA) is 46.3 Å². The fourth-order valence-electron chi connectivity index (χ4n) is 2.33. The van der Waals surface area contributed by atoms with Crippen molar-refractivity contribution >= 4 is 11.6 Å². The van der Waals surface area contributed by atoms with Crippen LogP contribution in [0.2, 0.25) is 0 Å². The van der Waals surface area contributed by atoms with Crippen LogP contribution < -0.4 is 10.6 Å². The highest BCUT2D eigenvalue weighted by Crippen LogP contribution is 2.33. The van der Waals surface area contributed by atoms with Crippen molar-refractivity contribution < 1.29 is 4.79 Å². The lowest BCUT2D eigenvalue weighted by atomic mass is 9.75. The van der Waals surface area contributed by atoms with Gasteiger partial charge in [-0.15, -0.1) is 0 Å². The molecule has 3 nitrogen and oxygen atoms in total. The molecular weight excluding hydrogens is 224 g/mol. The summed E-state index contributed by atoms with van der Waals surface area (Å²) in [4.78, 5) is 13.9. The lowest BCUT2D eigenvalue weighted by Gasteiger charge is -2.38. The molecule has 1 fully saturated rings. The summed E-state index contributed by atoms with van der Waals surface area (Å²) in [6.07, 6.45) is 4.57. The minimum atomic E-state index is -0.241. The SMILES string of the molecule is CCc1ccc(N(C)C(=O)CC2(N)CCC2)cc1. The molecule has 0 spiro atoms. The van der Waals surface area contributed by atoms with E-state index >= 15 is 0 Å². The number of carbonyl (C=O) groups excluding carboxylic acids is 1. The van der Waals surface area contributed by atoms with E-state index in [1.807, 2.05) is 19.2 Å². The third-order valence-electron chi connectivity index (χ3n) is 3.96. The van der Waals surface area contributed by atoms with Crippen LogP contribution in [0.25, 0.3) is 0 Å². The molecule has 2 rings (SSSR count). The number of carbonyl (C=O) groups is 1. The molecule has 0 unspecified atom stereocenters. The second-order valence-corrected chi connectivity index (χ2v) is 5.37. The van der Waals surface area contributed by atoms with Gasteiger partial charge in [0.05, 0.1) is 0 Å². The van der Waals surface area contributed by atoms with Gasteiger partial charge in [0.1, 0.15) is 0 Å². The predicted octanol–water partition coefficient (Wildman–Crippen LogP) is 2.48. The average molecular weight is 246 g/mol. The molecule has 1 saturated carbocycles. The first kappa shape index (κ1) is 13.1. The van der Waals surface area contributed by atoms with Crippen molar-refractivity contribution in [2.45, 2.75) is 44.6 Å². The first-order valence-corrected chi connectivity index (χ1v) is 6.68. The van der Waals surface area contributed by atoms with Crippen LogP contribution in [0.1, 0.15) is 38.2 Å². The van der Waals surface area contributed by atoms with Gasteiger partial charge in [0, 0.05) is 24.7 Å². The smallest absolute Gasteiger partial charge is 0.228 e. The molecule has 1 amide bonds. The predicted molar refractivity (Wildman–Crippen MR) is 74.6 cm³/mol. The van der Waals surface area contributed by atoms with Crippen LogP contribution >= 0.6 is 0 Å². The molecule has 3 heteroatoms. The Kier molecular flexibility index (Phi) is 3.71. The Morgan fingerprint density at radius 2 is 1.94 bits per heavy atom. The molecule has 1 aliphatic rings. The van der Waals surface area contributed by atoms with Crippen molar-refractivity contribution in [2.75, 3.05) is 11.9 Å². The van der Waals surface area contributed by atoms with Gasteiger partial charge in [-0.3, -0.25) is 4.79 Å². The van der Waals surface area contributed by atoms with Crippen LogP contribution in [0.3, 0.4) is 0 Å². The molecule has 0 bridgehead atoms. The fourth-order valence-corrected chi connectivity index (χ4v) is 2.33. The second-order valence-electron chi connectivity index (χ2n) is 5.37. The van der Waals surface area contributed by atoms with Gasteiger partial charge in [0.2, 0.25) is 5.91 Å². The van der Waals surface area contributed by atoms with E-state index in [1.165, 1.54) is 5.56 Å². The van der Waals surface area contributed by atoms with E-state index in [-0.39, 0.29) is 11.4 Å². The first-order valence-electron chi connectivity index (χ1n) is 6.68. The zero-order chi connectivity index (χ0) is 13.2. The van der Waals surface area contributed by atoms with E-state index in [9.17, 15) is 4.79 Å². The molecule has 0 atom stereocenters. The first-order chi connectivity index (χ1) is 8.54. The van der Waals surface area contributed by atoms with Gasteiger partial charge in [-0.1, -0.05) is 19.1 Å². The van der Waals surface area contributed by atoms with Crippen LogP contribution in [0.4, 0.5) is 5.69 Å². The summed E-state index contributed by atoms with van der Waals surface area (Å²) < 4.78 is 0. The number of nitrogens with zero attached hydrogens (tertiary/aromatic N) is 1. The minimum absolute atomic E-state index is 0.112. The molecule has 18 heavy (non-hydrogen) atoms. The van der Waals surface area contributed by atoms with Crippen molar-refractivity contribution in [1.29, 1.82) is 0 Å². The molecule has 0 aromatic heterocycles. The Morgan fingerprint density at radius 1 is 1.33 bits per heavy atom. The molecule has 98 valence electrons. The zero-order valence-electron chi connectivity index (χ0n) is 11.3. The standard InChI is InChI=1S/C15H22N2O/c1-3-12-5-7-13(8-6-12)17(2)14(18)11-15(16)9-4-10-15/h5-8H,3-4,9-11,16H2,1-2H3. The summed E-state index contributed by atoms with van der Waals surface area (Å²) in [5.74, 6) is 0.112. The van der Waals surface area contributed by atoms with Crippen molar-refractivity contribution in [3.63, 3.8) is 0 Å². The van der Waals surface area contributed by atoms with Crippen molar-refractivity contribution in [3.8, 4) is 0 Å². The highest BCUT2D eigenvalue weighted by atomic mass is 16.2. The molecule has 0 heterocycles. The maximum Gasteiger partial charge on any atom is 0.228 e. The van der Waals surface area contributed by atoms with E-state index in [2.05, 4.69) is 19.1 Å². The number of amides is 1. The van der Waals surface area contributed by atoms with Gasteiger partial charge in [-0.2, -0.15) is 0 Å². The third kappa shape index (κ3) is 2.72. The summed E-state index contributed by atoms with van der Waals surface area (Å²) in [6, 6.07) is 8.14. The summed E-state index contributed by atoms with van der Waals surface area (Å²) in [5.41, 5.74) is 8.11. The lowest BCUT2D eigenvalue weighted by molar-refractivity contribution is -0.120. The highest BCUT2D eigenvalue weighted by molar-refractivity contribution is 5.93. The molecule has 2 N–H and O–H groups in total. The Labute approximate surface area is 109 Å². The van der Waals surface area contributed by atoms with Crippen LogP contribution in [0.15, 0.2) is 24.3 Å². The largest absolute Gasteiger partial charge is 0.325 e. The number of anilines is 1. The average Bonchev–Trinajstić information content (AvgIpc) is 2.36. The normalized spacial score (nSPS) is 17.1. The fraction of sp³-hybridized carbons (Fsp3) is 0.533. The molecule has 1 aromatic rings. The number of nitrogens with two attached hydrogens (primary N) is 1. The highest BCUT2D eigenvalue weighted by Gasteiger charge is 2.35. The van der Waals surface area contributed by atoms with Gasteiger partial charge in [0.25, 0.3) is 0 Å². The number of hydrogen-bond acceptors (Lipinski definition) is 2. The number of hydrogen-bond donors (Lipinski definition) is 1. The molecular formula is C15H22N2O. The number of aryl methyl sites for hydroxylation is 1. The molecule has 1 aliphatic carbocycles. The number of rotatable bonds is 4. The monoisotopic (exact) mass is 246 g/mol. The van der Waals surface area contributed by atoms with Crippen molar-refractivity contribution in [2.24, 2.45) is 5.73 Å². The van der Waals surface area contributed by atoms with E-state index in [4.69, 9.17) is 5.73 Å². The third-order valence-corrected chi connectivity index (χ3v) is 3.96. The van der Waals surface area contributed by atoms with Gasteiger partial charge >= 0.3 is 0 Å². The van der Waals surface area contributed by atoms with E-state index in [0.29, 0.717) is 6.42 Å². The Morgan fingerprint density at radius 3 is 2.39 bits per heavy atom. The molecule has 0 saturated heterocycles. The second kappa shape index (κ2) is 5.11. The Balaban J connectivity index is 2.00. The summed E-state index contributed by atoms with van der Waals surface area (Å²) >= 11 is 0. The van der Waals surface area contributed by atoms with Crippen molar-refractivity contribution in [3.05, 3.63) is 29.8 Å². The van der Waals surface area contributed by atoms with Gasteiger partial charge < -0.3 is 10.6 Å². The van der Waals surface area contributed by atoms with Gasteiger partial charge in [-0.25, -0.2) is 0 Å². The van der Waals surface area contributed by atoms with Gasteiger partial charge in [-0.05, 0) is 43.4 Å². The quantitative estimate of drug-likeness (QED) is 0.887. The van der Waals surface area contributed by atoms with E-state index < -0.39 is 0 Å². The van der Waals surface area contributed by atoms with Crippen molar-refractivity contribution in [1.82, 2.24) is 0 Å². The number of benzene rings is 1. The molecule has 0 radical (unpaired) electrons. The summed E-state index contributed by atoms with van der Waals surface area (Å²) in [6.45, 7) is 2.12. The minimum Gasteiger partial charge on any atom is -0.325 e. The maximum absolute atomic E-state index is 12.2. The van der Waals surface area contributed by atoms with Crippen LogP contribution in [0, 0.1) is 0 Å². The van der Waals surface area contributed by atoms with Gasteiger partial charge in [0.15, 0.2) is 0 Å². The van der Waals surface area contributed by atoms with E-state index in [0.717, 1.165) is 31.4 Å². The van der Waals surface area contributed by atoms with E-state index in [1.54, 1.807) is 4.90 Å². The molecule has 0 aliphatic heterocycles. The summed E-state index contributed by atoms with van der Waals surface area (Å²) in [7, 11) is 1.82. The van der Waals surface area contributed by atoms with Crippen LogP contribution in [-0.2, 0) is 11.2 Å². The maximum atomic E-state index is 12.2. The Bertz CT molecular complexity index is 421. The van der Waals surface area contributed by atoms with Crippen LogP contribution in [-0.4, -0.2) is 18.5 Å². The Hall–Kier alpha value is -1.35. The molecule has 1 aromatic carbocycles. The zero-order valence-corrected chi connectivity index (χ0v) is 11.3.